The van der Waals surface area contributed by atoms with Gasteiger partial charge < -0.3 is 0 Å². The van der Waals surface area contributed by atoms with Gasteiger partial charge in [0.25, 0.3) is 5.17 Å². The van der Waals surface area contributed by atoms with Crippen molar-refractivity contribution in [2.75, 3.05) is 13.1 Å². The number of thioether (sulfide) groups is 1. The van der Waals surface area contributed by atoms with Crippen molar-refractivity contribution in [3.05, 3.63) is 45.4 Å². The van der Waals surface area contributed by atoms with E-state index in [9.17, 15) is 0 Å². The van der Waals surface area contributed by atoms with Crippen LogP contribution in [0.5, 0.6) is 0 Å². The molecule has 0 bridgehead atoms. The highest BCUT2D eigenvalue weighted by Gasteiger charge is 2.59. The third kappa shape index (κ3) is 2.25. The molecule has 1 saturated carbocycles. The molecule has 22 heavy (non-hydrogen) atoms. The largest absolute Gasteiger partial charge is 0.268 e. The first-order valence-electron chi connectivity index (χ1n) is 7.82. The van der Waals surface area contributed by atoms with Gasteiger partial charge in [-0.05, 0) is 44.2 Å². The maximum Gasteiger partial charge on any atom is 0.268 e. The third-order valence-corrected chi connectivity index (χ3v) is 6.69. The summed E-state index contributed by atoms with van der Waals surface area (Å²) in [5.74, 6) is 0. The zero-order valence-electron chi connectivity index (χ0n) is 13.0. The fourth-order valence-electron chi connectivity index (χ4n) is 3.74. The summed E-state index contributed by atoms with van der Waals surface area (Å²) in [4.78, 5) is 4.79. The van der Waals surface area contributed by atoms with Gasteiger partial charge in [0.2, 0.25) is 0 Å². The van der Waals surface area contributed by atoms with Crippen molar-refractivity contribution in [2.24, 2.45) is 4.99 Å². The second kappa shape index (κ2) is 6.20. The Morgan fingerprint density at radius 1 is 1.23 bits per heavy atom. The topological polar surface area (TPSA) is 12.4 Å². The average Bonchev–Trinajstić information content (AvgIpc) is 2.86. The van der Waals surface area contributed by atoms with E-state index in [4.69, 9.17) is 28.2 Å². The van der Waals surface area contributed by atoms with Crippen molar-refractivity contribution >= 4 is 40.1 Å². The van der Waals surface area contributed by atoms with Crippen molar-refractivity contribution in [1.29, 1.82) is 0 Å². The third-order valence-electron chi connectivity index (χ3n) is 5.02. The fourth-order valence-corrected chi connectivity index (χ4v) is 5.18. The molecule has 1 atom stereocenters. The van der Waals surface area contributed by atoms with Gasteiger partial charge in [-0.2, -0.15) is 0 Å². The molecule has 118 valence electrons. The Morgan fingerprint density at radius 2 is 2.00 bits per heavy atom. The van der Waals surface area contributed by atoms with Gasteiger partial charge in [0.05, 0.1) is 16.6 Å². The molecule has 1 aromatic carbocycles. The Balaban J connectivity index is 2.14. The molecule has 1 aromatic rings. The lowest BCUT2D eigenvalue weighted by molar-refractivity contribution is -0.859. The Labute approximate surface area is 146 Å². The molecule has 0 saturated heterocycles. The Hall–Kier alpha value is -0.480. The Kier molecular flexibility index (Phi) is 4.61. The minimum atomic E-state index is 0.0526. The van der Waals surface area contributed by atoms with Gasteiger partial charge in [-0.1, -0.05) is 29.3 Å². The van der Waals surface area contributed by atoms with Crippen LogP contribution < -0.4 is 0 Å². The van der Waals surface area contributed by atoms with Crippen LogP contribution in [0.4, 0.5) is 0 Å². The number of quaternary nitrogens is 1. The highest BCUT2D eigenvalue weighted by Crippen LogP contribution is 2.55. The van der Waals surface area contributed by atoms with Crippen molar-refractivity contribution in [3.63, 3.8) is 0 Å². The van der Waals surface area contributed by atoms with Gasteiger partial charge in [0.1, 0.15) is 11.7 Å². The zero-order valence-corrected chi connectivity index (χ0v) is 15.3. The minimum absolute atomic E-state index is 0.0526. The smallest absolute Gasteiger partial charge is 0.234 e. The maximum atomic E-state index is 6.30. The molecular formula is C17H21Cl2N2S+. The predicted octanol–water partition coefficient (Wildman–Crippen LogP) is 5.80. The van der Waals surface area contributed by atoms with E-state index in [2.05, 4.69) is 37.6 Å². The van der Waals surface area contributed by atoms with Crippen molar-refractivity contribution in [1.82, 2.24) is 0 Å². The standard InChI is InChI=1S/C17H21Cl2N2S/c1-3-20-16-21(4-2,10-11-22-16)17(8-5-9-17)13-6-7-14(18)15(19)12-13/h6-7,10-12H,3-5,8-9H2,1-2H3/q+1. The van der Waals surface area contributed by atoms with Gasteiger partial charge >= 0.3 is 0 Å². The van der Waals surface area contributed by atoms with Gasteiger partial charge in [-0.25, -0.2) is 9.48 Å². The van der Waals surface area contributed by atoms with E-state index in [1.54, 1.807) is 11.8 Å². The Morgan fingerprint density at radius 3 is 2.55 bits per heavy atom. The summed E-state index contributed by atoms with van der Waals surface area (Å²) in [6.45, 7) is 6.17. The van der Waals surface area contributed by atoms with Crippen molar-refractivity contribution in [3.8, 4) is 0 Å². The number of benzene rings is 1. The first kappa shape index (κ1) is 16.4. The monoisotopic (exact) mass is 355 g/mol. The number of aliphatic imine (C=N–C) groups is 1. The van der Waals surface area contributed by atoms with Crippen LogP contribution in [0.15, 0.2) is 34.8 Å². The summed E-state index contributed by atoms with van der Waals surface area (Å²) in [6.07, 6.45) is 5.89. The van der Waals surface area contributed by atoms with E-state index >= 15 is 0 Å². The van der Waals surface area contributed by atoms with Gasteiger partial charge in [0, 0.05) is 30.4 Å². The van der Waals surface area contributed by atoms with Crippen LogP contribution in [0.25, 0.3) is 0 Å². The lowest BCUT2D eigenvalue weighted by Gasteiger charge is -2.53. The van der Waals surface area contributed by atoms with Crippen LogP contribution in [-0.4, -0.2) is 22.7 Å². The number of nitrogens with zero attached hydrogens (tertiary/aromatic N) is 2. The van der Waals surface area contributed by atoms with Crippen molar-refractivity contribution in [2.45, 2.75) is 38.6 Å². The molecule has 0 spiro atoms. The van der Waals surface area contributed by atoms with Crippen LogP contribution in [0, 0.1) is 0 Å². The van der Waals surface area contributed by atoms with Gasteiger partial charge in [-0.3, -0.25) is 0 Å². The summed E-state index contributed by atoms with van der Waals surface area (Å²) in [7, 11) is 0. The molecule has 1 fully saturated rings. The average molecular weight is 356 g/mol. The number of amidine groups is 1. The van der Waals surface area contributed by atoms with E-state index in [1.807, 2.05) is 6.07 Å². The molecule has 0 radical (unpaired) electrons. The first-order valence-corrected chi connectivity index (χ1v) is 9.46. The molecule has 1 heterocycles. The van der Waals surface area contributed by atoms with Gasteiger partial charge in [0.15, 0.2) is 0 Å². The lowest BCUT2D eigenvalue weighted by Crippen LogP contribution is -2.63. The molecular weight excluding hydrogens is 335 g/mol. The van der Waals surface area contributed by atoms with Crippen molar-refractivity contribution < 1.29 is 4.48 Å². The minimum Gasteiger partial charge on any atom is -0.234 e. The zero-order chi connectivity index (χ0) is 15.8. The normalized spacial score (nSPS) is 28.1. The number of rotatable bonds is 4. The van der Waals surface area contributed by atoms with Crippen LogP contribution in [0.2, 0.25) is 10.0 Å². The van der Waals surface area contributed by atoms with Crippen LogP contribution in [-0.2, 0) is 5.54 Å². The summed E-state index contributed by atoms with van der Waals surface area (Å²) in [5.41, 5.74) is 1.34. The summed E-state index contributed by atoms with van der Waals surface area (Å²) < 4.78 is 0.823. The van der Waals surface area contributed by atoms with Crippen LogP contribution in [0.3, 0.4) is 0 Å². The fraction of sp³-hybridized carbons (Fsp3) is 0.471. The molecule has 3 rings (SSSR count). The number of hydrogen-bond donors (Lipinski definition) is 0. The quantitative estimate of drug-likeness (QED) is 0.621. The SMILES string of the molecule is CCN=C1SC=C[N+]1(CC)C1(c2ccc(Cl)c(Cl)c2)CCC1. The highest BCUT2D eigenvalue weighted by molar-refractivity contribution is 8.16. The summed E-state index contributed by atoms with van der Waals surface area (Å²) in [6, 6.07) is 6.12. The van der Waals surface area contributed by atoms with Crippen LogP contribution in [0.1, 0.15) is 38.7 Å². The second-order valence-corrected chi connectivity index (χ2v) is 7.55. The maximum absolute atomic E-state index is 6.30. The molecule has 1 unspecified atom stereocenters. The van der Waals surface area contributed by atoms with E-state index in [1.165, 1.54) is 17.2 Å². The molecule has 0 amide bonds. The lowest BCUT2D eigenvalue weighted by atomic mass is 9.69. The van der Waals surface area contributed by atoms with E-state index in [0.717, 1.165) is 30.4 Å². The predicted molar refractivity (Wildman–Crippen MR) is 97.5 cm³/mol. The first-order chi connectivity index (χ1) is 10.6. The molecule has 5 heteroatoms. The summed E-state index contributed by atoms with van der Waals surface area (Å²) in [5, 5.41) is 4.66. The van der Waals surface area contributed by atoms with Gasteiger partial charge in [-0.15, -0.1) is 0 Å². The summed E-state index contributed by atoms with van der Waals surface area (Å²) >= 11 is 14.2. The molecule has 0 N–H and O–H groups in total. The molecule has 2 aliphatic rings. The molecule has 1 aliphatic carbocycles. The number of halogens is 2. The highest BCUT2D eigenvalue weighted by atomic mass is 35.5. The van der Waals surface area contributed by atoms with E-state index in [0.29, 0.717) is 10.0 Å². The molecule has 2 nitrogen and oxygen atoms in total. The van der Waals surface area contributed by atoms with Crippen LogP contribution >= 0.6 is 35.0 Å². The van der Waals surface area contributed by atoms with E-state index in [-0.39, 0.29) is 5.54 Å². The van der Waals surface area contributed by atoms with E-state index < -0.39 is 0 Å². The Bertz CT molecular complexity index is 638. The second-order valence-electron chi connectivity index (χ2n) is 5.86. The molecule has 0 aromatic heterocycles. The number of hydrogen-bond acceptors (Lipinski definition) is 2. The molecule has 1 aliphatic heterocycles.